The molecule has 4 unspecified atom stereocenters. The summed E-state index contributed by atoms with van der Waals surface area (Å²) in [7, 11) is 0. The third-order valence-corrected chi connectivity index (χ3v) is 7.11. The molecule has 5 rings (SSSR count). The van der Waals surface area contributed by atoms with Crippen LogP contribution in [0.1, 0.15) is 48.9 Å². The van der Waals surface area contributed by atoms with E-state index in [0.29, 0.717) is 17.6 Å². The van der Waals surface area contributed by atoms with Crippen molar-refractivity contribution in [2.75, 3.05) is 0 Å². The Balaban J connectivity index is 1.68. The molecule has 0 heterocycles. The maximum Gasteiger partial charge on any atom is 0.170 e. The largest absolute Gasteiger partial charge is 0.507 e. The number of hydrogen-bond donors (Lipinski definition) is 1. The molecule has 0 aliphatic heterocycles. The van der Waals surface area contributed by atoms with Crippen molar-refractivity contribution in [1.29, 1.82) is 0 Å². The highest BCUT2D eigenvalue weighted by atomic mass is 16.3. The Kier molecular flexibility index (Phi) is 2.72. The lowest BCUT2D eigenvalue weighted by Crippen LogP contribution is -2.40. The number of benzene rings is 2. The number of carbonyl (C=O) groups excluding carboxylic acids is 1. The summed E-state index contributed by atoms with van der Waals surface area (Å²) < 4.78 is 0. The molecule has 3 aliphatic rings. The van der Waals surface area contributed by atoms with Crippen LogP contribution in [0.15, 0.2) is 36.4 Å². The molecule has 2 aromatic rings. The molecule has 0 aromatic heterocycles. The first-order chi connectivity index (χ1) is 11.2. The van der Waals surface area contributed by atoms with Gasteiger partial charge in [-0.3, -0.25) is 4.79 Å². The zero-order valence-electron chi connectivity index (χ0n) is 13.3. The predicted octanol–water partition coefficient (Wildman–Crippen LogP) is 4.94. The number of hydrogen-bond acceptors (Lipinski definition) is 2. The van der Waals surface area contributed by atoms with Gasteiger partial charge in [-0.05, 0) is 67.4 Å². The number of carbonyl (C=O) groups is 1. The van der Waals surface area contributed by atoms with E-state index < -0.39 is 0 Å². The lowest BCUT2D eigenvalue weighted by molar-refractivity contribution is 0.0572. The molecule has 2 heteroatoms. The summed E-state index contributed by atoms with van der Waals surface area (Å²) in [6.45, 7) is 0. The minimum absolute atomic E-state index is 0.0946. The van der Waals surface area contributed by atoms with Crippen molar-refractivity contribution in [3.05, 3.63) is 42.0 Å². The molecule has 118 valence electrons. The van der Waals surface area contributed by atoms with Crippen LogP contribution in [0.5, 0.6) is 5.75 Å². The third-order valence-electron chi connectivity index (χ3n) is 7.11. The van der Waals surface area contributed by atoms with E-state index in [1.807, 2.05) is 30.3 Å². The highest BCUT2D eigenvalue weighted by Crippen LogP contribution is 2.67. The minimum atomic E-state index is -0.0946. The van der Waals surface area contributed by atoms with Crippen molar-refractivity contribution >= 4 is 16.6 Å². The Morgan fingerprint density at radius 1 is 1.04 bits per heavy atom. The molecule has 3 fully saturated rings. The summed E-state index contributed by atoms with van der Waals surface area (Å²) in [5.74, 6) is 2.63. The summed E-state index contributed by atoms with van der Waals surface area (Å²) in [6, 6.07) is 11.3. The molecule has 0 amide bonds. The van der Waals surface area contributed by atoms with Gasteiger partial charge in [0.25, 0.3) is 0 Å². The van der Waals surface area contributed by atoms with Crippen molar-refractivity contribution in [1.82, 2.24) is 0 Å². The number of phenolic OH excluding ortho intramolecular Hbond substituents is 1. The van der Waals surface area contributed by atoms with Gasteiger partial charge in [-0.25, -0.2) is 0 Å². The molecule has 0 spiro atoms. The first-order valence-electron chi connectivity index (χ1n) is 8.97. The quantitative estimate of drug-likeness (QED) is 0.798. The van der Waals surface area contributed by atoms with E-state index in [1.165, 1.54) is 32.1 Å². The van der Waals surface area contributed by atoms with Crippen LogP contribution in [0, 0.1) is 23.2 Å². The standard InChI is InChI=1S/C21H22O2/c22-19-10-9-17(15-4-1-2-5-16(15)19)20(23)21-11-3-6-18(21)13-7-8-14(21)12-13/h1-2,4-5,9-10,13-14,18,22H,3,6-8,11-12H2. The summed E-state index contributed by atoms with van der Waals surface area (Å²) in [5.41, 5.74) is 0.737. The zero-order chi connectivity index (χ0) is 15.6. The second-order valence-electron chi connectivity index (χ2n) is 7.82. The summed E-state index contributed by atoms with van der Waals surface area (Å²) in [5, 5.41) is 11.8. The molecule has 3 saturated carbocycles. The second-order valence-corrected chi connectivity index (χ2v) is 7.82. The van der Waals surface area contributed by atoms with Crippen LogP contribution in [0.4, 0.5) is 0 Å². The summed E-state index contributed by atoms with van der Waals surface area (Å²) >= 11 is 0. The van der Waals surface area contributed by atoms with Gasteiger partial charge in [0.15, 0.2) is 5.78 Å². The number of aromatic hydroxyl groups is 1. The minimum Gasteiger partial charge on any atom is -0.507 e. The van der Waals surface area contributed by atoms with E-state index in [1.54, 1.807) is 6.07 Å². The number of Topliss-reactive ketones (excluding diaryl/α,β-unsaturated/α-hetero) is 1. The smallest absolute Gasteiger partial charge is 0.170 e. The molecule has 4 atom stereocenters. The number of fused-ring (bicyclic) bond motifs is 6. The molecule has 0 radical (unpaired) electrons. The molecule has 3 aliphatic carbocycles. The van der Waals surface area contributed by atoms with Crippen LogP contribution in [0.2, 0.25) is 0 Å². The molecule has 1 N–H and O–H groups in total. The van der Waals surface area contributed by atoms with E-state index in [4.69, 9.17) is 0 Å². The van der Waals surface area contributed by atoms with E-state index in [9.17, 15) is 9.90 Å². The Bertz CT molecular complexity index is 809. The van der Waals surface area contributed by atoms with Gasteiger partial charge < -0.3 is 5.11 Å². The van der Waals surface area contributed by atoms with E-state index >= 15 is 0 Å². The molecule has 2 bridgehead atoms. The van der Waals surface area contributed by atoms with Crippen molar-refractivity contribution in [2.45, 2.75) is 38.5 Å². The average Bonchev–Trinajstić information content (AvgIpc) is 3.28. The van der Waals surface area contributed by atoms with Gasteiger partial charge in [-0.2, -0.15) is 0 Å². The van der Waals surface area contributed by atoms with Gasteiger partial charge in [0.2, 0.25) is 0 Å². The van der Waals surface area contributed by atoms with Crippen molar-refractivity contribution in [2.24, 2.45) is 23.2 Å². The highest BCUT2D eigenvalue weighted by molar-refractivity contribution is 6.12. The fourth-order valence-corrected chi connectivity index (χ4v) is 6.27. The van der Waals surface area contributed by atoms with Crippen molar-refractivity contribution < 1.29 is 9.90 Å². The van der Waals surface area contributed by atoms with Crippen molar-refractivity contribution in [3.63, 3.8) is 0 Å². The predicted molar refractivity (Wildman–Crippen MR) is 90.5 cm³/mol. The first-order valence-corrected chi connectivity index (χ1v) is 8.97. The number of phenols is 1. The molecule has 23 heavy (non-hydrogen) atoms. The SMILES string of the molecule is O=C(c1ccc(O)c2ccccc12)C12CCCC1C1CCC2C1. The lowest BCUT2D eigenvalue weighted by Gasteiger charge is -2.38. The van der Waals surface area contributed by atoms with E-state index in [-0.39, 0.29) is 11.2 Å². The number of rotatable bonds is 2. The van der Waals surface area contributed by atoms with Crippen molar-refractivity contribution in [3.8, 4) is 5.75 Å². The number of ketones is 1. The molecule has 0 saturated heterocycles. The fourth-order valence-electron chi connectivity index (χ4n) is 6.27. The van der Waals surface area contributed by atoms with Crippen LogP contribution in [0.3, 0.4) is 0 Å². The molecule has 2 aromatic carbocycles. The summed E-state index contributed by atoms with van der Waals surface area (Å²) in [4.78, 5) is 13.7. The molecular weight excluding hydrogens is 284 g/mol. The Morgan fingerprint density at radius 3 is 2.74 bits per heavy atom. The Labute approximate surface area is 136 Å². The van der Waals surface area contributed by atoms with E-state index in [0.717, 1.165) is 28.7 Å². The van der Waals surface area contributed by atoms with Crippen LogP contribution < -0.4 is 0 Å². The topological polar surface area (TPSA) is 37.3 Å². The third kappa shape index (κ3) is 1.62. The van der Waals surface area contributed by atoms with Gasteiger partial charge in [-0.15, -0.1) is 0 Å². The second kappa shape index (κ2) is 4.59. The Hall–Kier alpha value is -1.83. The zero-order valence-corrected chi connectivity index (χ0v) is 13.3. The first kappa shape index (κ1) is 13.6. The summed E-state index contributed by atoms with van der Waals surface area (Å²) in [6.07, 6.45) is 7.37. The van der Waals surface area contributed by atoms with Crippen LogP contribution in [-0.2, 0) is 0 Å². The normalized spacial score (nSPS) is 34.9. The van der Waals surface area contributed by atoms with Crippen LogP contribution in [-0.4, -0.2) is 10.9 Å². The average molecular weight is 306 g/mol. The maximum atomic E-state index is 13.7. The van der Waals surface area contributed by atoms with Gasteiger partial charge in [0, 0.05) is 16.4 Å². The fraction of sp³-hybridized carbons (Fsp3) is 0.476. The lowest BCUT2D eigenvalue weighted by atomic mass is 9.63. The van der Waals surface area contributed by atoms with Gasteiger partial charge in [-0.1, -0.05) is 30.7 Å². The van der Waals surface area contributed by atoms with Crippen LogP contribution >= 0.6 is 0 Å². The maximum absolute atomic E-state index is 13.7. The van der Waals surface area contributed by atoms with Gasteiger partial charge in [0.1, 0.15) is 5.75 Å². The molecule has 2 nitrogen and oxygen atoms in total. The van der Waals surface area contributed by atoms with Crippen LogP contribution in [0.25, 0.3) is 10.8 Å². The highest BCUT2D eigenvalue weighted by Gasteiger charge is 2.63. The van der Waals surface area contributed by atoms with Gasteiger partial charge in [0.05, 0.1) is 0 Å². The monoisotopic (exact) mass is 306 g/mol. The Morgan fingerprint density at radius 2 is 1.87 bits per heavy atom. The van der Waals surface area contributed by atoms with Gasteiger partial charge >= 0.3 is 0 Å². The van der Waals surface area contributed by atoms with E-state index in [2.05, 4.69) is 0 Å². The molecular formula is C21H22O2.